The summed E-state index contributed by atoms with van der Waals surface area (Å²) in [5.41, 5.74) is 4.29. The average molecular weight is 356 g/mol. The minimum absolute atomic E-state index is 0.415. The molecule has 0 radical (unpaired) electrons. The van der Waals surface area contributed by atoms with Crippen LogP contribution >= 0.6 is 0 Å². The standard InChI is InChI=1S/C23H20N2O2/c1-2-6-18(7-3-1)16-26-21-12-10-19(11-13-21)17-27-25-15-20-14-24-23-9-5-4-8-22(20)23/h1-15,24H,16-17H2/b25-15+. The first-order chi connectivity index (χ1) is 13.4. The molecule has 27 heavy (non-hydrogen) atoms. The summed E-state index contributed by atoms with van der Waals surface area (Å²) in [4.78, 5) is 8.64. The third-order valence-corrected chi connectivity index (χ3v) is 4.29. The summed E-state index contributed by atoms with van der Waals surface area (Å²) in [5, 5.41) is 5.21. The quantitative estimate of drug-likeness (QED) is 0.361. The monoisotopic (exact) mass is 356 g/mol. The van der Waals surface area contributed by atoms with E-state index in [9.17, 15) is 0 Å². The highest BCUT2D eigenvalue weighted by atomic mass is 16.6. The highest BCUT2D eigenvalue weighted by Crippen LogP contribution is 2.17. The lowest BCUT2D eigenvalue weighted by Crippen LogP contribution is -1.95. The number of para-hydroxylation sites is 1. The van der Waals surface area contributed by atoms with E-state index >= 15 is 0 Å². The summed E-state index contributed by atoms with van der Waals surface area (Å²) in [5.74, 6) is 0.838. The van der Waals surface area contributed by atoms with E-state index in [0.717, 1.165) is 33.3 Å². The third kappa shape index (κ3) is 4.36. The Morgan fingerprint density at radius 1 is 0.778 bits per heavy atom. The van der Waals surface area contributed by atoms with E-state index in [2.05, 4.69) is 16.2 Å². The topological polar surface area (TPSA) is 46.6 Å². The molecule has 3 aromatic carbocycles. The molecule has 0 unspecified atom stereocenters. The number of H-pyrrole nitrogens is 1. The zero-order chi connectivity index (χ0) is 18.3. The Balaban J connectivity index is 1.28. The van der Waals surface area contributed by atoms with Crippen LogP contribution in [0.5, 0.6) is 5.75 Å². The van der Waals surface area contributed by atoms with E-state index in [1.54, 1.807) is 6.21 Å². The van der Waals surface area contributed by atoms with Gasteiger partial charge in [-0.05, 0) is 29.3 Å². The molecule has 1 aromatic heterocycles. The molecule has 4 aromatic rings. The molecule has 4 rings (SSSR count). The fourth-order valence-corrected chi connectivity index (χ4v) is 2.83. The Hall–Kier alpha value is -3.53. The molecule has 0 aliphatic heterocycles. The van der Waals surface area contributed by atoms with Gasteiger partial charge < -0.3 is 14.6 Å². The molecule has 4 nitrogen and oxygen atoms in total. The van der Waals surface area contributed by atoms with Gasteiger partial charge in [-0.2, -0.15) is 0 Å². The number of nitrogens with zero attached hydrogens (tertiary/aromatic N) is 1. The Morgan fingerprint density at radius 3 is 2.37 bits per heavy atom. The lowest BCUT2D eigenvalue weighted by molar-refractivity contribution is 0.132. The van der Waals surface area contributed by atoms with Crippen LogP contribution in [0.1, 0.15) is 16.7 Å². The van der Waals surface area contributed by atoms with E-state index in [4.69, 9.17) is 9.57 Å². The molecule has 0 fully saturated rings. The summed E-state index contributed by atoms with van der Waals surface area (Å²) in [6.07, 6.45) is 3.66. The van der Waals surface area contributed by atoms with Crippen molar-refractivity contribution in [3.05, 3.63) is 102 Å². The fraction of sp³-hybridized carbons (Fsp3) is 0.0870. The lowest BCUT2D eigenvalue weighted by Gasteiger charge is -2.07. The van der Waals surface area contributed by atoms with Gasteiger partial charge >= 0.3 is 0 Å². The van der Waals surface area contributed by atoms with Gasteiger partial charge in [0.15, 0.2) is 0 Å². The van der Waals surface area contributed by atoms with Gasteiger partial charge in [0.25, 0.3) is 0 Å². The van der Waals surface area contributed by atoms with Gasteiger partial charge in [-0.3, -0.25) is 0 Å². The second kappa shape index (κ2) is 8.23. The SMILES string of the molecule is C(=N\OCc1ccc(OCc2ccccc2)cc1)/c1c[nH]c2ccccc12. The van der Waals surface area contributed by atoms with Crippen molar-refractivity contribution in [3.8, 4) is 5.75 Å². The largest absolute Gasteiger partial charge is 0.489 e. The number of hydrogen-bond donors (Lipinski definition) is 1. The first kappa shape index (κ1) is 16.9. The first-order valence-electron chi connectivity index (χ1n) is 8.85. The summed E-state index contributed by atoms with van der Waals surface area (Å²) in [6, 6.07) is 26.1. The smallest absolute Gasteiger partial charge is 0.142 e. The molecule has 0 saturated heterocycles. The third-order valence-electron chi connectivity index (χ3n) is 4.29. The van der Waals surface area contributed by atoms with Crippen LogP contribution in [0.3, 0.4) is 0 Å². The van der Waals surface area contributed by atoms with Crippen molar-refractivity contribution in [3.63, 3.8) is 0 Å². The predicted molar refractivity (Wildman–Crippen MR) is 108 cm³/mol. The maximum absolute atomic E-state index is 5.79. The van der Waals surface area contributed by atoms with Crippen LogP contribution in [0, 0.1) is 0 Å². The summed E-state index contributed by atoms with van der Waals surface area (Å²) in [6.45, 7) is 0.976. The number of aromatic amines is 1. The van der Waals surface area contributed by atoms with Crippen LogP contribution in [0.4, 0.5) is 0 Å². The number of oxime groups is 1. The van der Waals surface area contributed by atoms with Crippen LogP contribution in [0.25, 0.3) is 10.9 Å². The van der Waals surface area contributed by atoms with Crippen LogP contribution < -0.4 is 4.74 Å². The van der Waals surface area contributed by atoms with Crippen molar-refractivity contribution in [2.45, 2.75) is 13.2 Å². The molecule has 0 amide bonds. The van der Waals surface area contributed by atoms with Crippen LogP contribution in [-0.2, 0) is 18.1 Å². The molecule has 4 heteroatoms. The van der Waals surface area contributed by atoms with Crippen molar-refractivity contribution < 1.29 is 9.57 Å². The van der Waals surface area contributed by atoms with Crippen molar-refractivity contribution in [2.24, 2.45) is 5.16 Å². The van der Waals surface area contributed by atoms with E-state index in [0.29, 0.717) is 13.2 Å². The number of benzene rings is 3. The molecular formula is C23H20N2O2. The second-order valence-electron chi connectivity index (χ2n) is 6.22. The Bertz CT molecular complexity index is 1020. The molecule has 0 atom stereocenters. The Kier molecular flexibility index (Phi) is 5.16. The minimum atomic E-state index is 0.415. The molecule has 134 valence electrons. The van der Waals surface area contributed by atoms with Crippen molar-refractivity contribution >= 4 is 17.1 Å². The minimum Gasteiger partial charge on any atom is -0.489 e. The molecule has 0 aliphatic rings. The van der Waals surface area contributed by atoms with Crippen LogP contribution in [0.15, 0.2) is 90.2 Å². The zero-order valence-corrected chi connectivity index (χ0v) is 14.8. The maximum Gasteiger partial charge on any atom is 0.142 e. The normalized spacial score (nSPS) is 11.1. The second-order valence-corrected chi connectivity index (χ2v) is 6.22. The lowest BCUT2D eigenvalue weighted by atomic mass is 10.2. The molecule has 0 aliphatic carbocycles. The van der Waals surface area contributed by atoms with Crippen molar-refractivity contribution in [1.82, 2.24) is 4.98 Å². The number of aromatic nitrogens is 1. The van der Waals surface area contributed by atoms with Crippen LogP contribution in [-0.4, -0.2) is 11.2 Å². The van der Waals surface area contributed by atoms with Gasteiger partial charge in [-0.15, -0.1) is 0 Å². The molecule has 1 heterocycles. The zero-order valence-electron chi connectivity index (χ0n) is 14.8. The molecule has 1 N–H and O–H groups in total. The van der Waals surface area contributed by atoms with E-state index < -0.39 is 0 Å². The van der Waals surface area contributed by atoms with Gasteiger partial charge in [-0.25, -0.2) is 0 Å². The number of rotatable bonds is 7. The first-order valence-corrected chi connectivity index (χ1v) is 8.85. The molecule has 0 bridgehead atoms. The van der Waals surface area contributed by atoms with Crippen molar-refractivity contribution in [1.29, 1.82) is 0 Å². The summed E-state index contributed by atoms with van der Waals surface area (Å²) >= 11 is 0. The number of ether oxygens (including phenoxy) is 1. The van der Waals surface area contributed by atoms with Crippen molar-refractivity contribution in [2.75, 3.05) is 0 Å². The Morgan fingerprint density at radius 2 is 1.52 bits per heavy atom. The van der Waals surface area contributed by atoms with E-state index in [-0.39, 0.29) is 0 Å². The van der Waals surface area contributed by atoms with Gasteiger partial charge in [0.1, 0.15) is 19.0 Å². The predicted octanol–water partition coefficient (Wildman–Crippen LogP) is 5.30. The highest BCUT2D eigenvalue weighted by Gasteiger charge is 2.00. The maximum atomic E-state index is 5.79. The van der Waals surface area contributed by atoms with Gasteiger partial charge in [0, 0.05) is 22.7 Å². The summed E-state index contributed by atoms with van der Waals surface area (Å²) < 4.78 is 5.79. The Labute approximate surface area is 158 Å². The summed E-state index contributed by atoms with van der Waals surface area (Å²) in [7, 11) is 0. The molecule has 0 spiro atoms. The fourth-order valence-electron chi connectivity index (χ4n) is 2.83. The number of fused-ring (bicyclic) bond motifs is 1. The average Bonchev–Trinajstić information content (AvgIpc) is 3.14. The highest BCUT2D eigenvalue weighted by molar-refractivity contribution is 5.98. The van der Waals surface area contributed by atoms with Gasteiger partial charge in [0.05, 0.1) is 6.21 Å². The van der Waals surface area contributed by atoms with Crippen LogP contribution in [0.2, 0.25) is 0 Å². The molecular weight excluding hydrogens is 336 g/mol. The molecule has 0 saturated carbocycles. The number of nitrogens with one attached hydrogen (secondary N) is 1. The van der Waals surface area contributed by atoms with Gasteiger partial charge in [-0.1, -0.05) is 65.8 Å². The van der Waals surface area contributed by atoms with Gasteiger partial charge in [0.2, 0.25) is 0 Å². The van der Waals surface area contributed by atoms with E-state index in [1.165, 1.54) is 0 Å². The number of hydrogen-bond acceptors (Lipinski definition) is 3. The van der Waals surface area contributed by atoms with E-state index in [1.807, 2.05) is 79.0 Å².